The first-order valence-corrected chi connectivity index (χ1v) is 9.58. The number of nitrogens with two attached hydrogens (primary N) is 1. The van der Waals surface area contributed by atoms with Gasteiger partial charge in [0.25, 0.3) is 5.91 Å². The summed E-state index contributed by atoms with van der Waals surface area (Å²) in [7, 11) is 0. The Labute approximate surface area is 162 Å². The molecule has 0 aromatic rings. The maximum atomic E-state index is 13.1. The molecule has 0 spiro atoms. The molecular formula is C17H27N5O6. The topological polar surface area (TPSA) is 154 Å². The lowest BCUT2D eigenvalue weighted by Gasteiger charge is -2.32. The highest BCUT2D eigenvalue weighted by Gasteiger charge is 2.44. The first kappa shape index (κ1) is 20.5. The summed E-state index contributed by atoms with van der Waals surface area (Å²) < 4.78 is 0. The molecule has 3 heterocycles. The van der Waals surface area contributed by atoms with E-state index in [1.807, 2.05) is 0 Å². The van der Waals surface area contributed by atoms with Crippen molar-refractivity contribution in [1.29, 1.82) is 0 Å². The Morgan fingerprint density at radius 2 is 1.86 bits per heavy atom. The van der Waals surface area contributed by atoms with Crippen molar-refractivity contribution in [3.05, 3.63) is 0 Å². The van der Waals surface area contributed by atoms with E-state index in [9.17, 15) is 24.3 Å². The zero-order valence-electron chi connectivity index (χ0n) is 15.8. The van der Waals surface area contributed by atoms with Crippen LogP contribution in [0.1, 0.15) is 32.6 Å². The van der Waals surface area contributed by atoms with Crippen LogP contribution in [0.4, 0.5) is 0 Å². The Kier molecular flexibility index (Phi) is 6.16. The summed E-state index contributed by atoms with van der Waals surface area (Å²) in [6.45, 7) is 2.26. The van der Waals surface area contributed by atoms with Gasteiger partial charge in [-0.15, -0.1) is 0 Å². The number of likely N-dealkylation sites (tertiary alicyclic amines) is 2. The van der Waals surface area contributed by atoms with Crippen molar-refractivity contribution in [3.8, 4) is 0 Å². The molecular weight excluding hydrogens is 370 g/mol. The van der Waals surface area contributed by atoms with Crippen molar-refractivity contribution < 1.29 is 29.1 Å². The molecule has 3 aliphatic rings. The molecule has 28 heavy (non-hydrogen) atoms. The lowest BCUT2D eigenvalue weighted by Crippen LogP contribution is -2.57. The summed E-state index contributed by atoms with van der Waals surface area (Å²) in [6.07, 6.45) is 1.26. The predicted octanol–water partition coefficient (Wildman–Crippen LogP) is -2.78. The lowest BCUT2D eigenvalue weighted by molar-refractivity contribution is -0.148. The van der Waals surface area contributed by atoms with E-state index in [1.54, 1.807) is 0 Å². The number of rotatable bonds is 5. The van der Waals surface area contributed by atoms with Crippen molar-refractivity contribution in [2.24, 2.45) is 5.73 Å². The van der Waals surface area contributed by atoms with Gasteiger partial charge in [0.2, 0.25) is 17.7 Å². The van der Waals surface area contributed by atoms with E-state index < -0.39 is 48.0 Å². The van der Waals surface area contributed by atoms with Crippen LogP contribution in [-0.4, -0.2) is 88.5 Å². The average Bonchev–Trinajstić information content (AvgIpc) is 3.40. The van der Waals surface area contributed by atoms with Crippen LogP contribution < -0.4 is 16.5 Å². The molecule has 11 nitrogen and oxygen atoms in total. The van der Waals surface area contributed by atoms with E-state index in [0.717, 1.165) is 0 Å². The monoisotopic (exact) mass is 397 g/mol. The fourth-order valence-corrected chi connectivity index (χ4v) is 3.90. The van der Waals surface area contributed by atoms with Gasteiger partial charge >= 0.3 is 0 Å². The van der Waals surface area contributed by atoms with Gasteiger partial charge in [0.05, 0.1) is 6.10 Å². The summed E-state index contributed by atoms with van der Waals surface area (Å²) in [5, 5.41) is 12.2. The van der Waals surface area contributed by atoms with Crippen LogP contribution >= 0.6 is 0 Å². The van der Waals surface area contributed by atoms with E-state index in [-0.39, 0.29) is 12.5 Å². The van der Waals surface area contributed by atoms with E-state index >= 15 is 0 Å². The largest absolute Gasteiger partial charge is 0.391 e. The quantitative estimate of drug-likeness (QED) is 0.391. The van der Waals surface area contributed by atoms with Crippen LogP contribution in [0.2, 0.25) is 0 Å². The Balaban J connectivity index is 1.67. The van der Waals surface area contributed by atoms with Gasteiger partial charge in [0.1, 0.15) is 30.8 Å². The second-order valence-corrected chi connectivity index (χ2v) is 7.48. The molecule has 0 aromatic heterocycles. The van der Waals surface area contributed by atoms with Gasteiger partial charge in [-0.25, -0.2) is 5.48 Å². The van der Waals surface area contributed by atoms with E-state index in [4.69, 9.17) is 10.6 Å². The summed E-state index contributed by atoms with van der Waals surface area (Å²) in [6, 6.07) is -3.25. The number of aliphatic hydroxyl groups is 1. The molecule has 0 radical (unpaired) electrons. The van der Waals surface area contributed by atoms with Gasteiger partial charge in [0.15, 0.2) is 0 Å². The minimum Gasteiger partial charge on any atom is -0.391 e. The van der Waals surface area contributed by atoms with Gasteiger partial charge in [-0.3, -0.25) is 24.0 Å². The number of carbonyl (C=O) groups is 4. The highest BCUT2D eigenvalue weighted by molar-refractivity contribution is 5.95. The van der Waals surface area contributed by atoms with Crippen molar-refractivity contribution in [1.82, 2.24) is 20.6 Å². The van der Waals surface area contributed by atoms with Gasteiger partial charge < -0.3 is 26.0 Å². The minimum absolute atomic E-state index is 0.0351. The second kappa shape index (κ2) is 8.41. The Morgan fingerprint density at radius 3 is 2.46 bits per heavy atom. The number of carbonyl (C=O) groups excluding carboxylic acids is 4. The number of aliphatic hydroxyl groups excluding tert-OH is 1. The van der Waals surface area contributed by atoms with Gasteiger partial charge in [-0.05, 0) is 32.6 Å². The smallest absolute Gasteiger partial charge is 0.268 e. The standard InChI is InChI=1S/C17H27N5O6/c1-9(23)13(18)17(27)22-7-3-5-12(22)16(26)21-6-2-4-11(21)15(25)19-10-8-28-20-14(10)24/h9-13,23H,2-8,18H2,1H3,(H,19,25)(H,20,24)/t9-,10-,11+,12+,13+/m1/s1. The Morgan fingerprint density at radius 1 is 1.21 bits per heavy atom. The summed E-state index contributed by atoms with van der Waals surface area (Å²) in [5.41, 5.74) is 7.93. The summed E-state index contributed by atoms with van der Waals surface area (Å²) in [4.78, 5) is 57.5. The highest BCUT2D eigenvalue weighted by atomic mass is 16.7. The van der Waals surface area contributed by atoms with Gasteiger partial charge in [-0.1, -0.05) is 0 Å². The van der Waals surface area contributed by atoms with Gasteiger partial charge in [0, 0.05) is 13.1 Å². The van der Waals surface area contributed by atoms with E-state index in [2.05, 4.69) is 10.8 Å². The molecule has 5 atom stereocenters. The third-order valence-electron chi connectivity index (χ3n) is 5.52. The molecule has 0 unspecified atom stereocenters. The summed E-state index contributed by atoms with van der Waals surface area (Å²) >= 11 is 0. The Bertz CT molecular complexity index is 656. The van der Waals surface area contributed by atoms with Crippen LogP contribution in [0.25, 0.3) is 0 Å². The number of hydroxylamine groups is 1. The number of amides is 4. The third-order valence-corrected chi connectivity index (χ3v) is 5.52. The van der Waals surface area contributed by atoms with Crippen molar-refractivity contribution in [2.75, 3.05) is 19.7 Å². The van der Waals surface area contributed by atoms with Crippen LogP contribution in [0.15, 0.2) is 0 Å². The number of hydrogen-bond donors (Lipinski definition) is 4. The second-order valence-electron chi connectivity index (χ2n) is 7.48. The maximum absolute atomic E-state index is 13.1. The molecule has 4 amide bonds. The molecule has 0 saturated carbocycles. The molecule has 0 aliphatic carbocycles. The first-order valence-electron chi connectivity index (χ1n) is 9.58. The van der Waals surface area contributed by atoms with Gasteiger partial charge in [-0.2, -0.15) is 0 Å². The zero-order valence-corrected chi connectivity index (χ0v) is 15.8. The lowest BCUT2D eigenvalue weighted by atomic mass is 10.1. The van der Waals surface area contributed by atoms with Crippen LogP contribution in [-0.2, 0) is 24.0 Å². The molecule has 156 valence electrons. The minimum atomic E-state index is -1.09. The van der Waals surface area contributed by atoms with E-state index in [0.29, 0.717) is 38.8 Å². The number of nitrogens with one attached hydrogen (secondary N) is 2. The maximum Gasteiger partial charge on any atom is 0.268 e. The molecule has 0 bridgehead atoms. The fourth-order valence-electron chi connectivity index (χ4n) is 3.90. The molecule has 11 heteroatoms. The van der Waals surface area contributed by atoms with Crippen molar-refractivity contribution in [2.45, 2.75) is 62.9 Å². The van der Waals surface area contributed by atoms with Crippen molar-refractivity contribution >= 4 is 23.6 Å². The normalized spacial score (nSPS) is 29.5. The van der Waals surface area contributed by atoms with Crippen LogP contribution in [0, 0.1) is 0 Å². The molecule has 3 saturated heterocycles. The zero-order chi connectivity index (χ0) is 20.4. The van der Waals surface area contributed by atoms with Crippen LogP contribution in [0.3, 0.4) is 0 Å². The Hall–Kier alpha value is -2.24. The van der Waals surface area contributed by atoms with Crippen molar-refractivity contribution in [3.63, 3.8) is 0 Å². The number of hydrogen-bond acceptors (Lipinski definition) is 7. The molecule has 3 rings (SSSR count). The first-order chi connectivity index (χ1) is 13.3. The average molecular weight is 397 g/mol. The summed E-state index contributed by atoms with van der Waals surface area (Å²) in [5.74, 6) is -1.60. The van der Waals surface area contributed by atoms with E-state index in [1.165, 1.54) is 16.7 Å². The third kappa shape index (κ3) is 3.96. The SMILES string of the molecule is C[C@@H](O)[C@H](N)C(=O)N1CCC[C@H]1C(=O)N1CCC[C@H]1C(=O)N[C@@H]1CONC1=O. The fraction of sp³-hybridized carbons (Fsp3) is 0.765. The predicted molar refractivity (Wildman–Crippen MR) is 95.2 cm³/mol. The molecule has 3 fully saturated rings. The highest BCUT2D eigenvalue weighted by Crippen LogP contribution is 2.25. The molecule has 3 aliphatic heterocycles. The number of nitrogens with zero attached hydrogens (tertiary/aromatic N) is 2. The van der Waals surface area contributed by atoms with Crippen LogP contribution in [0.5, 0.6) is 0 Å². The molecule has 5 N–H and O–H groups in total. The molecule has 0 aromatic carbocycles.